The molecule has 3 aromatic rings. The van der Waals surface area contributed by atoms with Gasteiger partial charge in [0.1, 0.15) is 11.9 Å². The first-order chi connectivity index (χ1) is 10.3. The molecule has 0 spiro atoms. The molecule has 1 N–H and O–H groups in total. The Morgan fingerprint density at radius 3 is 2.62 bits per heavy atom. The minimum Gasteiger partial charge on any atom is -0.337 e. The van der Waals surface area contributed by atoms with E-state index in [-0.39, 0.29) is 0 Å². The van der Waals surface area contributed by atoms with E-state index in [4.69, 9.17) is 0 Å². The predicted molar refractivity (Wildman–Crippen MR) is 85.4 cm³/mol. The van der Waals surface area contributed by atoms with Gasteiger partial charge in [0.2, 0.25) is 0 Å². The number of hydrogen-bond acceptors (Lipinski definition) is 2. The summed E-state index contributed by atoms with van der Waals surface area (Å²) in [5.41, 5.74) is 4.64. The molecule has 102 valence electrons. The smallest absolute Gasteiger partial charge is 0.149 e. The second-order valence-corrected chi connectivity index (χ2v) is 4.87. The Morgan fingerprint density at radius 2 is 1.95 bits per heavy atom. The van der Waals surface area contributed by atoms with Gasteiger partial charge in [0.15, 0.2) is 0 Å². The molecule has 0 unspecified atom stereocenters. The van der Waals surface area contributed by atoms with Crippen molar-refractivity contribution in [1.82, 2.24) is 9.97 Å². The Kier molecular flexibility index (Phi) is 3.53. The van der Waals surface area contributed by atoms with Gasteiger partial charge in [-0.15, -0.1) is 0 Å². The number of hydrogen-bond donors (Lipinski definition) is 1. The third-order valence-corrected chi connectivity index (χ3v) is 3.46. The van der Waals surface area contributed by atoms with Crippen LogP contribution in [0.1, 0.15) is 23.9 Å². The topological polar surface area (TPSA) is 52.5 Å². The van der Waals surface area contributed by atoms with Gasteiger partial charge in [0.05, 0.1) is 16.6 Å². The number of fused-ring (bicyclic) bond motifs is 1. The highest BCUT2D eigenvalue weighted by atomic mass is 14.9. The van der Waals surface area contributed by atoms with Crippen LogP contribution < -0.4 is 0 Å². The van der Waals surface area contributed by atoms with E-state index in [1.165, 1.54) is 5.56 Å². The molecular weight excluding hydrogens is 258 g/mol. The number of allylic oxidation sites excluding steroid dienone is 1. The first-order valence-electron chi connectivity index (χ1n) is 6.96. The highest BCUT2D eigenvalue weighted by molar-refractivity contribution is 5.90. The summed E-state index contributed by atoms with van der Waals surface area (Å²) in [5, 5.41) is 9.39. The summed E-state index contributed by atoms with van der Waals surface area (Å²) in [6.45, 7) is 2.12. The summed E-state index contributed by atoms with van der Waals surface area (Å²) in [6, 6.07) is 18.2. The number of para-hydroxylation sites is 2. The number of aromatic nitrogens is 2. The monoisotopic (exact) mass is 273 g/mol. The van der Waals surface area contributed by atoms with E-state index in [9.17, 15) is 5.26 Å². The zero-order valence-corrected chi connectivity index (χ0v) is 11.8. The largest absolute Gasteiger partial charge is 0.337 e. The molecule has 0 saturated carbocycles. The van der Waals surface area contributed by atoms with Crippen LogP contribution >= 0.6 is 0 Å². The number of nitriles is 1. The van der Waals surface area contributed by atoms with Crippen LogP contribution in [0.4, 0.5) is 0 Å². The molecule has 1 aromatic heterocycles. The molecule has 0 atom stereocenters. The summed E-state index contributed by atoms with van der Waals surface area (Å²) in [6.07, 6.45) is 2.87. The standard InChI is InChI=1S/C18H15N3/c1-2-13-7-9-14(10-8-13)11-15(12-19)18-20-16-5-3-4-6-17(16)21-18/h3-11H,2H2,1H3,(H,20,21)/b15-11-. The van der Waals surface area contributed by atoms with Gasteiger partial charge < -0.3 is 4.98 Å². The van der Waals surface area contributed by atoms with Gasteiger partial charge in [-0.25, -0.2) is 4.98 Å². The molecule has 0 bridgehead atoms. The first-order valence-corrected chi connectivity index (χ1v) is 6.96. The van der Waals surface area contributed by atoms with Crippen LogP contribution in [0, 0.1) is 11.3 Å². The van der Waals surface area contributed by atoms with E-state index in [0.29, 0.717) is 11.4 Å². The summed E-state index contributed by atoms with van der Waals surface area (Å²) < 4.78 is 0. The summed E-state index contributed by atoms with van der Waals surface area (Å²) in [5.74, 6) is 0.610. The van der Waals surface area contributed by atoms with Crippen molar-refractivity contribution < 1.29 is 0 Å². The number of aromatic amines is 1. The van der Waals surface area contributed by atoms with Crippen LogP contribution in [0.3, 0.4) is 0 Å². The maximum atomic E-state index is 9.39. The SMILES string of the molecule is CCc1ccc(/C=C(/C#N)c2nc3ccccc3[nH]2)cc1. The molecule has 2 aromatic carbocycles. The van der Waals surface area contributed by atoms with E-state index in [2.05, 4.69) is 35.1 Å². The van der Waals surface area contributed by atoms with E-state index in [1.807, 2.05) is 42.5 Å². The van der Waals surface area contributed by atoms with Gasteiger partial charge in [-0.05, 0) is 35.8 Å². The van der Waals surface area contributed by atoms with Crippen LogP contribution in [-0.4, -0.2) is 9.97 Å². The normalized spacial score (nSPS) is 11.5. The van der Waals surface area contributed by atoms with Crippen molar-refractivity contribution in [1.29, 1.82) is 5.26 Å². The van der Waals surface area contributed by atoms with Crippen molar-refractivity contribution in [3.8, 4) is 6.07 Å². The van der Waals surface area contributed by atoms with Gasteiger partial charge in [-0.3, -0.25) is 0 Å². The molecule has 3 rings (SSSR count). The Bertz CT molecular complexity index is 800. The number of rotatable bonds is 3. The maximum Gasteiger partial charge on any atom is 0.149 e. The van der Waals surface area contributed by atoms with Crippen LogP contribution in [0.2, 0.25) is 0 Å². The minimum atomic E-state index is 0.537. The average molecular weight is 273 g/mol. The van der Waals surface area contributed by atoms with Crippen LogP contribution in [0.15, 0.2) is 48.5 Å². The molecule has 0 aliphatic heterocycles. The predicted octanol–water partition coefficient (Wildman–Crippen LogP) is 4.19. The zero-order chi connectivity index (χ0) is 14.7. The van der Waals surface area contributed by atoms with Gasteiger partial charge in [-0.1, -0.05) is 43.3 Å². The highest BCUT2D eigenvalue weighted by Crippen LogP contribution is 2.19. The second-order valence-electron chi connectivity index (χ2n) is 4.87. The molecule has 0 aliphatic carbocycles. The molecule has 21 heavy (non-hydrogen) atoms. The Labute approximate surface area is 123 Å². The summed E-state index contributed by atoms with van der Waals surface area (Å²) in [4.78, 5) is 7.65. The molecular formula is C18H15N3. The molecule has 0 amide bonds. The molecule has 3 nitrogen and oxygen atoms in total. The van der Waals surface area contributed by atoms with Crippen LogP contribution in [0.5, 0.6) is 0 Å². The van der Waals surface area contributed by atoms with Crippen molar-refractivity contribution in [2.75, 3.05) is 0 Å². The first kappa shape index (κ1) is 13.1. The molecule has 0 saturated heterocycles. The highest BCUT2D eigenvalue weighted by Gasteiger charge is 2.07. The average Bonchev–Trinajstić information content (AvgIpc) is 2.97. The quantitative estimate of drug-likeness (QED) is 0.727. The molecule has 1 heterocycles. The van der Waals surface area contributed by atoms with Crippen molar-refractivity contribution in [3.63, 3.8) is 0 Å². The number of nitrogens with zero attached hydrogens (tertiary/aromatic N) is 2. The van der Waals surface area contributed by atoms with Crippen molar-refractivity contribution in [2.24, 2.45) is 0 Å². The molecule has 0 aliphatic rings. The molecule has 3 heteroatoms. The van der Waals surface area contributed by atoms with Gasteiger partial charge in [0, 0.05) is 0 Å². The fraction of sp³-hybridized carbons (Fsp3) is 0.111. The summed E-state index contributed by atoms with van der Waals surface area (Å²) >= 11 is 0. The van der Waals surface area contributed by atoms with E-state index in [1.54, 1.807) is 0 Å². The van der Waals surface area contributed by atoms with Crippen molar-refractivity contribution in [2.45, 2.75) is 13.3 Å². The van der Waals surface area contributed by atoms with Crippen LogP contribution in [-0.2, 0) is 6.42 Å². The Morgan fingerprint density at radius 1 is 1.19 bits per heavy atom. The third kappa shape index (κ3) is 2.70. The van der Waals surface area contributed by atoms with E-state index < -0.39 is 0 Å². The van der Waals surface area contributed by atoms with Gasteiger partial charge in [0.25, 0.3) is 0 Å². The lowest BCUT2D eigenvalue weighted by atomic mass is 10.1. The van der Waals surface area contributed by atoms with E-state index >= 15 is 0 Å². The van der Waals surface area contributed by atoms with Crippen molar-refractivity contribution in [3.05, 3.63) is 65.5 Å². The number of aryl methyl sites for hydroxylation is 1. The molecule has 0 fully saturated rings. The number of imidazole rings is 1. The number of H-pyrrole nitrogens is 1. The van der Waals surface area contributed by atoms with Gasteiger partial charge in [-0.2, -0.15) is 5.26 Å². The van der Waals surface area contributed by atoms with Crippen molar-refractivity contribution >= 4 is 22.7 Å². The lowest BCUT2D eigenvalue weighted by molar-refractivity contribution is 1.14. The Balaban J connectivity index is 2.00. The minimum absolute atomic E-state index is 0.537. The number of nitrogens with one attached hydrogen (secondary N) is 1. The Hall–Kier alpha value is -2.86. The van der Waals surface area contributed by atoms with E-state index in [0.717, 1.165) is 23.0 Å². The lowest BCUT2D eigenvalue weighted by Crippen LogP contribution is -1.85. The van der Waals surface area contributed by atoms with Crippen LogP contribution in [0.25, 0.3) is 22.7 Å². The lowest BCUT2D eigenvalue weighted by Gasteiger charge is -1.98. The molecule has 0 radical (unpaired) electrons. The summed E-state index contributed by atoms with van der Waals surface area (Å²) in [7, 11) is 0. The second kappa shape index (κ2) is 5.64. The fourth-order valence-corrected chi connectivity index (χ4v) is 2.25. The van der Waals surface area contributed by atoms with Gasteiger partial charge >= 0.3 is 0 Å². The number of benzene rings is 2. The maximum absolute atomic E-state index is 9.39. The third-order valence-electron chi connectivity index (χ3n) is 3.46. The fourth-order valence-electron chi connectivity index (χ4n) is 2.25. The zero-order valence-electron chi connectivity index (χ0n) is 11.8.